The molecular weight excluding hydrogens is 224 g/mol. The predicted octanol–water partition coefficient (Wildman–Crippen LogP) is 1.79. The van der Waals surface area contributed by atoms with E-state index in [-0.39, 0.29) is 11.1 Å². The fraction of sp³-hybridized carbons (Fsp3) is 0.500. The number of oxime groups is 1. The molecule has 0 fully saturated rings. The van der Waals surface area contributed by atoms with Gasteiger partial charge in [-0.15, -0.1) is 0 Å². The first-order valence-corrected chi connectivity index (χ1v) is 5.95. The van der Waals surface area contributed by atoms with E-state index in [1.165, 1.54) is 0 Å². The summed E-state index contributed by atoms with van der Waals surface area (Å²) in [6.07, 6.45) is 5.02. The molecule has 0 bridgehead atoms. The Hall–Kier alpha value is -1.30. The molecule has 3 N–H and O–H groups in total. The highest BCUT2D eigenvalue weighted by molar-refractivity contribution is 7.99. The molecule has 6 heteroatoms. The van der Waals surface area contributed by atoms with Crippen LogP contribution in [-0.2, 0) is 0 Å². The highest BCUT2D eigenvalue weighted by Crippen LogP contribution is 2.24. The standard InChI is InChI=1S/C10H16N4OS/c1-3-8(4-9(11)14-15)16-10-12-5-7(2)6-13-10/h5-6,8,15H,3-4H2,1-2H3,(H2,11,14). The molecule has 1 atom stereocenters. The molecule has 0 spiro atoms. The molecule has 0 aromatic carbocycles. The fourth-order valence-electron chi connectivity index (χ4n) is 1.13. The van der Waals surface area contributed by atoms with Gasteiger partial charge in [-0.05, 0) is 18.9 Å². The molecule has 0 saturated heterocycles. The third-order valence-corrected chi connectivity index (χ3v) is 3.30. The minimum absolute atomic E-state index is 0.235. The second-order valence-electron chi connectivity index (χ2n) is 3.49. The Labute approximate surface area is 99.2 Å². The zero-order chi connectivity index (χ0) is 12.0. The first-order valence-electron chi connectivity index (χ1n) is 5.07. The predicted molar refractivity (Wildman–Crippen MR) is 64.7 cm³/mol. The Morgan fingerprint density at radius 1 is 1.56 bits per heavy atom. The molecule has 88 valence electrons. The van der Waals surface area contributed by atoms with Crippen molar-refractivity contribution in [3.63, 3.8) is 0 Å². The number of thioether (sulfide) groups is 1. The highest BCUT2D eigenvalue weighted by atomic mass is 32.2. The van der Waals surface area contributed by atoms with Gasteiger partial charge in [-0.1, -0.05) is 23.8 Å². The summed E-state index contributed by atoms with van der Waals surface area (Å²) in [5.41, 5.74) is 6.51. The maximum Gasteiger partial charge on any atom is 0.187 e. The van der Waals surface area contributed by atoms with Gasteiger partial charge >= 0.3 is 0 Å². The minimum atomic E-state index is 0.235. The van der Waals surface area contributed by atoms with Gasteiger partial charge in [-0.25, -0.2) is 9.97 Å². The van der Waals surface area contributed by atoms with E-state index in [0.29, 0.717) is 6.42 Å². The van der Waals surface area contributed by atoms with E-state index in [2.05, 4.69) is 22.0 Å². The zero-order valence-electron chi connectivity index (χ0n) is 9.42. The molecule has 1 heterocycles. The summed E-state index contributed by atoms with van der Waals surface area (Å²) >= 11 is 1.55. The molecule has 0 amide bonds. The molecule has 0 aliphatic rings. The van der Waals surface area contributed by atoms with Crippen LogP contribution in [0.5, 0.6) is 0 Å². The molecular formula is C10H16N4OS. The minimum Gasteiger partial charge on any atom is -0.409 e. The lowest BCUT2D eigenvalue weighted by Crippen LogP contribution is -2.18. The van der Waals surface area contributed by atoms with Gasteiger partial charge in [0.2, 0.25) is 0 Å². The number of nitrogens with two attached hydrogens (primary N) is 1. The molecule has 1 rings (SSSR count). The molecule has 0 saturated carbocycles. The second kappa shape index (κ2) is 6.32. The van der Waals surface area contributed by atoms with Crippen molar-refractivity contribution in [1.29, 1.82) is 0 Å². The smallest absolute Gasteiger partial charge is 0.187 e. The quantitative estimate of drug-likeness (QED) is 0.205. The summed E-state index contributed by atoms with van der Waals surface area (Å²) in [6.45, 7) is 4.00. The number of nitrogens with zero attached hydrogens (tertiary/aromatic N) is 3. The second-order valence-corrected chi connectivity index (χ2v) is 4.75. The first-order chi connectivity index (χ1) is 7.65. The first kappa shape index (κ1) is 12.8. The van der Waals surface area contributed by atoms with Crippen molar-refractivity contribution in [2.45, 2.75) is 37.1 Å². The van der Waals surface area contributed by atoms with Crippen LogP contribution in [0.3, 0.4) is 0 Å². The van der Waals surface area contributed by atoms with Gasteiger partial charge in [0.15, 0.2) is 5.16 Å². The van der Waals surface area contributed by atoms with Gasteiger partial charge in [-0.3, -0.25) is 0 Å². The van der Waals surface area contributed by atoms with Crippen molar-refractivity contribution >= 4 is 17.6 Å². The van der Waals surface area contributed by atoms with Crippen LogP contribution in [0.15, 0.2) is 22.7 Å². The molecule has 0 aliphatic carbocycles. The lowest BCUT2D eigenvalue weighted by atomic mass is 10.2. The molecule has 1 aromatic heterocycles. The average Bonchev–Trinajstić information content (AvgIpc) is 2.30. The highest BCUT2D eigenvalue weighted by Gasteiger charge is 2.12. The Bertz CT molecular complexity index is 352. The van der Waals surface area contributed by atoms with Crippen LogP contribution in [-0.4, -0.2) is 26.3 Å². The van der Waals surface area contributed by atoms with Crippen LogP contribution >= 0.6 is 11.8 Å². The van der Waals surface area contributed by atoms with Crippen molar-refractivity contribution in [3.8, 4) is 0 Å². The van der Waals surface area contributed by atoms with E-state index in [9.17, 15) is 0 Å². The Balaban J connectivity index is 2.59. The average molecular weight is 240 g/mol. The molecule has 0 radical (unpaired) electrons. The topological polar surface area (TPSA) is 84.4 Å². The summed E-state index contributed by atoms with van der Waals surface area (Å²) in [5, 5.41) is 12.4. The van der Waals surface area contributed by atoms with Gasteiger partial charge < -0.3 is 10.9 Å². The van der Waals surface area contributed by atoms with Gasteiger partial charge in [0.05, 0.1) is 0 Å². The Morgan fingerprint density at radius 3 is 2.69 bits per heavy atom. The van der Waals surface area contributed by atoms with E-state index in [1.54, 1.807) is 24.2 Å². The Kier molecular flexibility index (Phi) is 5.04. The number of rotatable bonds is 5. The Morgan fingerprint density at radius 2 is 2.19 bits per heavy atom. The molecule has 5 nitrogen and oxygen atoms in total. The van der Waals surface area contributed by atoms with Crippen LogP contribution in [0.2, 0.25) is 0 Å². The fourth-order valence-corrected chi connectivity index (χ4v) is 2.08. The van der Waals surface area contributed by atoms with Gasteiger partial charge in [0, 0.05) is 24.1 Å². The van der Waals surface area contributed by atoms with E-state index < -0.39 is 0 Å². The number of aromatic nitrogens is 2. The van der Waals surface area contributed by atoms with Crippen LogP contribution in [0.25, 0.3) is 0 Å². The zero-order valence-corrected chi connectivity index (χ0v) is 10.2. The molecule has 1 aromatic rings. The van der Waals surface area contributed by atoms with E-state index in [4.69, 9.17) is 10.9 Å². The van der Waals surface area contributed by atoms with E-state index >= 15 is 0 Å². The summed E-state index contributed by atoms with van der Waals surface area (Å²) in [7, 11) is 0. The van der Waals surface area contributed by atoms with Crippen molar-refractivity contribution in [2.24, 2.45) is 10.9 Å². The van der Waals surface area contributed by atoms with E-state index in [0.717, 1.165) is 17.1 Å². The van der Waals surface area contributed by atoms with Gasteiger partial charge in [0.1, 0.15) is 5.84 Å². The number of hydrogen-bond donors (Lipinski definition) is 2. The number of amidine groups is 1. The van der Waals surface area contributed by atoms with Gasteiger partial charge in [0.25, 0.3) is 0 Å². The van der Waals surface area contributed by atoms with Crippen LogP contribution in [0.1, 0.15) is 25.3 Å². The van der Waals surface area contributed by atoms with Crippen molar-refractivity contribution in [2.75, 3.05) is 0 Å². The van der Waals surface area contributed by atoms with Crippen LogP contribution < -0.4 is 5.73 Å². The summed E-state index contributed by atoms with van der Waals surface area (Å²) in [5.74, 6) is 0.242. The maximum atomic E-state index is 8.50. The molecule has 0 aliphatic heterocycles. The summed E-state index contributed by atoms with van der Waals surface area (Å²) in [6, 6.07) is 0. The third-order valence-electron chi connectivity index (χ3n) is 2.05. The van der Waals surface area contributed by atoms with Gasteiger partial charge in [-0.2, -0.15) is 0 Å². The summed E-state index contributed by atoms with van der Waals surface area (Å²) < 4.78 is 0. The molecule has 16 heavy (non-hydrogen) atoms. The monoisotopic (exact) mass is 240 g/mol. The third kappa shape index (κ3) is 4.06. The number of aryl methyl sites for hydroxylation is 1. The maximum absolute atomic E-state index is 8.50. The van der Waals surface area contributed by atoms with Crippen molar-refractivity contribution in [3.05, 3.63) is 18.0 Å². The van der Waals surface area contributed by atoms with Crippen molar-refractivity contribution in [1.82, 2.24) is 9.97 Å². The normalized spacial score (nSPS) is 13.8. The largest absolute Gasteiger partial charge is 0.409 e. The number of hydrogen-bond acceptors (Lipinski definition) is 5. The van der Waals surface area contributed by atoms with Crippen LogP contribution in [0.4, 0.5) is 0 Å². The lowest BCUT2D eigenvalue weighted by molar-refractivity contribution is 0.316. The summed E-state index contributed by atoms with van der Waals surface area (Å²) in [4.78, 5) is 8.42. The van der Waals surface area contributed by atoms with Crippen molar-refractivity contribution < 1.29 is 5.21 Å². The van der Waals surface area contributed by atoms with E-state index in [1.807, 2.05) is 6.92 Å². The van der Waals surface area contributed by atoms with Crippen LogP contribution in [0, 0.1) is 6.92 Å². The molecule has 1 unspecified atom stereocenters. The SMILES string of the molecule is CCC(C/C(N)=N/O)Sc1ncc(C)cn1. The lowest BCUT2D eigenvalue weighted by Gasteiger charge is -2.11.